The maximum absolute atomic E-state index is 12.6. The molecule has 2 bridgehead atoms. The van der Waals surface area contributed by atoms with Gasteiger partial charge in [0.1, 0.15) is 5.52 Å². The maximum Gasteiger partial charge on any atom is 0.253 e. The van der Waals surface area contributed by atoms with Gasteiger partial charge in [0.2, 0.25) is 0 Å². The Balaban J connectivity index is 1.52. The molecule has 0 spiro atoms. The second-order valence-electron chi connectivity index (χ2n) is 6.55. The molecule has 2 aromatic rings. The van der Waals surface area contributed by atoms with Crippen LogP contribution in [-0.2, 0) is 0 Å². The van der Waals surface area contributed by atoms with Crippen LogP contribution in [0.5, 0.6) is 0 Å². The van der Waals surface area contributed by atoms with E-state index in [-0.39, 0.29) is 11.9 Å². The van der Waals surface area contributed by atoms with E-state index in [1.54, 1.807) is 0 Å². The van der Waals surface area contributed by atoms with Crippen LogP contribution in [-0.4, -0.2) is 41.0 Å². The number of para-hydroxylation sites is 1. The van der Waals surface area contributed by atoms with E-state index in [1.165, 1.54) is 25.7 Å². The Bertz CT molecular complexity index is 682. The molecule has 2 aliphatic rings. The third-order valence-electron chi connectivity index (χ3n) is 5.28. The number of amides is 1. The molecule has 1 amide bonds. The SMILES string of the molecule is CN1C2CCCC1CC(NC(=O)c1cccc3ocnc13)C2. The quantitative estimate of drug-likeness (QED) is 0.926. The number of hydrogen-bond acceptors (Lipinski definition) is 4. The summed E-state index contributed by atoms with van der Waals surface area (Å²) in [5.41, 5.74) is 1.91. The minimum absolute atomic E-state index is 0.0351. The molecule has 116 valence electrons. The molecule has 1 aromatic heterocycles. The highest BCUT2D eigenvalue weighted by Gasteiger charge is 2.36. The molecule has 2 atom stereocenters. The van der Waals surface area contributed by atoms with E-state index in [4.69, 9.17) is 4.42 Å². The summed E-state index contributed by atoms with van der Waals surface area (Å²) < 4.78 is 5.28. The molecule has 2 aliphatic heterocycles. The molecule has 22 heavy (non-hydrogen) atoms. The summed E-state index contributed by atoms with van der Waals surface area (Å²) in [6.07, 6.45) is 7.30. The highest BCUT2D eigenvalue weighted by atomic mass is 16.3. The second-order valence-corrected chi connectivity index (χ2v) is 6.55. The molecule has 5 heteroatoms. The number of fused-ring (bicyclic) bond motifs is 3. The highest BCUT2D eigenvalue weighted by molar-refractivity contribution is 6.04. The van der Waals surface area contributed by atoms with Crippen molar-refractivity contribution < 1.29 is 9.21 Å². The summed E-state index contributed by atoms with van der Waals surface area (Å²) in [7, 11) is 2.22. The first kappa shape index (κ1) is 13.8. The van der Waals surface area contributed by atoms with E-state index < -0.39 is 0 Å². The number of carbonyl (C=O) groups is 1. The van der Waals surface area contributed by atoms with Gasteiger partial charge in [-0.05, 0) is 44.9 Å². The lowest BCUT2D eigenvalue weighted by Crippen LogP contribution is -2.55. The lowest BCUT2D eigenvalue weighted by Gasteiger charge is -2.47. The summed E-state index contributed by atoms with van der Waals surface area (Å²) in [6, 6.07) is 6.98. The Morgan fingerprint density at radius 2 is 2.09 bits per heavy atom. The number of benzene rings is 1. The van der Waals surface area contributed by atoms with Gasteiger partial charge in [-0.2, -0.15) is 0 Å². The van der Waals surface area contributed by atoms with E-state index in [2.05, 4.69) is 22.2 Å². The number of aromatic nitrogens is 1. The zero-order chi connectivity index (χ0) is 15.1. The van der Waals surface area contributed by atoms with Gasteiger partial charge < -0.3 is 14.6 Å². The van der Waals surface area contributed by atoms with Crippen LogP contribution in [0.4, 0.5) is 0 Å². The monoisotopic (exact) mass is 299 g/mol. The number of oxazole rings is 1. The molecule has 0 saturated carbocycles. The Kier molecular flexibility index (Phi) is 3.37. The molecule has 1 aromatic carbocycles. The van der Waals surface area contributed by atoms with Gasteiger partial charge in [-0.3, -0.25) is 4.79 Å². The molecule has 4 rings (SSSR count). The first-order valence-electron chi connectivity index (χ1n) is 8.07. The van der Waals surface area contributed by atoms with Crippen molar-refractivity contribution in [2.45, 2.75) is 50.2 Å². The van der Waals surface area contributed by atoms with Crippen molar-refractivity contribution in [3.63, 3.8) is 0 Å². The smallest absolute Gasteiger partial charge is 0.253 e. The van der Waals surface area contributed by atoms with Crippen molar-refractivity contribution in [3.8, 4) is 0 Å². The number of hydrogen-bond donors (Lipinski definition) is 1. The number of nitrogens with one attached hydrogen (secondary N) is 1. The van der Waals surface area contributed by atoms with Crippen LogP contribution < -0.4 is 5.32 Å². The van der Waals surface area contributed by atoms with Crippen LogP contribution in [0, 0.1) is 0 Å². The van der Waals surface area contributed by atoms with Crippen molar-refractivity contribution in [2.75, 3.05) is 7.05 Å². The second kappa shape index (κ2) is 5.39. The van der Waals surface area contributed by atoms with Crippen molar-refractivity contribution in [1.29, 1.82) is 0 Å². The Morgan fingerprint density at radius 3 is 2.86 bits per heavy atom. The Labute approximate surface area is 129 Å². The van der Waals surface area contributed by atoms with E-state index >= 15 is 0 Å². The predicted octanol–water partition coefficient (Wildman–Crippen LogP) is 2.57. The van der Waals surface area contributed by atoms with Gasteiger partial charge >= 0.3 is 0 Å². The minimum atomic E-state index is -0.0351. The molecular weight excluding hydrogens is 278 g/mol. The molecule has 5 nitrogen and oxygen atoms in total. The van der Waals surface area contributed by atoms with Crippen molar-refractivity contribution >= 4 is 17.0 Å². The highest BCUT2D eigenvalue weighted by Crippen LogP contribution is 2.32. The van der Waals surface area contributed by atoms with E-state index in [1.807, 2.05) is 18.2 Å². The van der Waals surface area contributed by atoms with Crippen LogP contribution in [0.2, 0.25) is 0 Å². The van der Waals surface area contributed by atoms with Gasteiger partial charge in [-0.25, -0.2) is 4.98 Å². The molecule has 1 N–H and O–H groups in total. The van der Waals surface area contributed by atoms with Gasteiger partial charge in [-0.15, -0.1) is 0 Å². The first-order valence-corrected chi connectivity index (χ1v) is 8.07. The molecule has 0 aliphatic carbocycles. The van der Waals surface area contributed by atoms with E-state index in [0.29, 0.717) is 28.7 Å². The number of rotatable bonds is 2. The zero-order valence-corrected chi connectivity index (χ0v) is 12.8. The molecule has 3 heterocycles. The van der Waals surface area contributed by atoms with Gasteiger partial charge in [0.25, 0.3) is 5.91 Å². The molecular formula is C17H21N3O2. The van der Waals surface area contributed by atoms with Crippen LogP contribution in [0.25, 0.3) is 11.1 Å². The molecule has 2 saturated heterocycles. The molecule has 0 radical (unpaired) electrons. The van der Waals surface area contributed by atoms with Gasteiger partial charge in [0.05, 0.1) is 5.56 Å². The lowest BCUT2D eigenvalue weighted by atomic mass is 9.82. The third-order valence-corrected chi connectivity index (χ3v) is 5.28. The maximum atomic E-state index is 12.6. The average molecular weight is 299 g/mol. The Morgan fingerprint density at radius 1 is 1.32 bits per heavy atom. The average Bonchev–Trinajstić information content (AvgIpc) is 2.96. The van der Waals surface area contributed by atoms with Crippen molar-refractivity contribution in [3.05, 3.63) is 30.2 Å². The van der Waals surface area contributed by atoms with Gasteiger partial charge in [0.15, 0.2) is 12.0 Å². The number of nitrogens with zero attached hydrogens (tertiary/aromatic N) is 2. The number of piperidine rings is 2. The fourth-order valence-electron chi connectivity index (χ4n) is 4.07. The third kappa shape index (κ3) is 2.29. The van der Waals surface area contributed by atoms with E-state index in [9.17, 15) is 4.79 Å². The zero-order valence-electron chi connectivity index (χ0n) is 12.8. The summed E-state index contributed by atoms with van der Waals surface area (Å²) >= 11 is 0. The minimum Gasteiger partial charge on any atom is -0.443 e. The normalized spacial score (nSPS) is 28.7. The standard InChI is InChI=1S/C17H21N3O2/c1-20-12-4-2-5-13(20)9-11(8-12)19-17(21)14-6-3-7-15-16(14)18-10-22-15/h3,6-7,10-13H,2,4-5,8-9H2,1H3,(H,19,21). The predicted molar refractivity (Wildman–Crippen MR) is 83.7 cm³/mol. The van der Waals surface area contributed by atoms with Crippen molar-refractivity contribution in [2.24, 2.45) is 0 Å². The fraction of sp³-hybridized carbons (Fsp3) is 0.529. The lowest BCUT2D eigenvalue weighted by molar-refractivity contribution is 0.0463. The molecule has 2 unspecified atom stereocenters. The van der Waals surface area contributed by atoms with Crippen LogP contribution >= 0.6 is 0 Å². The van der Waals surface area contributed by atoms with Gasteiger partial charge in [-0.1, -0.05) is 12.5 Å². The first-order chi connectivity index (χ1) is 10.7. The number of carbonyl (C=O) groups excluding carboxylic acids is 1. The summed E-state index contributed by atoms with van der Waals surface area (Å²) in [5, 5.41) is 3.22. The van der Waals surface area contributed by atoms with E-state index in [0.717, 1.165) is 12.8 Å². The largest absolute Gasteiger partial charge is 0.443 e. The van der Waals surface area contributed by atoms with Gasteiger partial charge in [0, 0.05) is 18.1 Å². The topological polar surface area (TPSA) is 58.4 Å². The molecule has 2 fully saturated rings. The summed E-state index contributed by atoms with van der Waals surface area (Å²) in [4.78, 5) is 19.3. The summed E-state index contributed by atoms with van der Waals surface area (Å²) in [6.45, 7) is 0. The van der Waals surface area contributed by atoms with Crippen LogP contribution in [0.3, 0.4) is 0 Å². The van der Waals surface area contributed by atoms with Crippen LogP contribution in [0.15, 0.2) is 29.0 Å². The summed E-state index contributed by atoms with van der Waals surface area (Å²) in [5.74, 6) is -0.0351. The fourth-order valence-corrected chi connectivity index (χ4v) is 4.07. The van der Waals surface area contributed by atoms with Crippen LogP contribution in [0.1, 0.15) is 42.5 Å². The van der Waals surface area contributed by atoms with Crippen molar-refractivity contribution in [1.82, 2.24) is 15.2 Å². The Hall–Kier alpha value is -1.88.